The predicted molar refractivity (Wildman–Crippen MR) is 133 cm³/mol. The Labute approximate surface area is 192 Å². The average Bonchev–Trinajstić information content (AvgIpc) is 3.09. The molecular weight excluding hydrogens is 413 g/mol. The minimum atomic E-state index is -3.28. The van der Waals surface area contributed by atoms with E-state index in [0.717, 1.165) is 16.7 Å². The zero-order chi connectivity index (χ0) is 22.7. The Balaban J connectivity index is 1.92. The third-order valence-electron chi connectivity index (χ3n) is 5.97. The molecule has 0 bridgehead atoms. The Bertz CT molecular complexity index is 967. The fourth-order valence-electron chi connectivity index (χ4n) is 4.75. The van der Waals surface area contributed by atoms with Crippen LogP contribution in [-0.4, -0.2) is 27.6 Å². The van der Waals surface area contributed by atoms with E-state index in [9.17, 15) is 4.89 Å². The first-order valence-electron chi connectivity index (χ1n) is 11.3. The molecular formula is C27H32N3OP. The Morgan fingerprint density at radius 2 is 1.06 bits per heavy atom. The second-order valence-electron chi connectivity index (χ2n) is 8.83. The molecule has 1 saturated heterocycles. The maximum absolute atomic E-state index is 15.0. The van der Waals surface area contributed by atoms with Gasteiger partial charge in [0.15, 0.2) is 0 Å². The highest BCUT2D eigenvalue weighted by Gasteiger charge is 2.62. The van der Waals surface area contributed by atoms with Crippen molar-refractivity contribution < 1.29 is 4.89 Å². The molecule has 3 aromatic carbocycles. The zero-order valence-electron chi connectivity index (χ0n) is 19.2. The van der Waals surface area contributed by atoms with Crippen molar-refractivity contribution in [2.45, 2.75) is 51.9 Å². The van der Waals surface area contributed by atoms with Crippen molar-refractivity contribution in [2.75, 3.05) is 0 Å². The van der Waals surface area contributed by atoms with E-state index in [1.54, 1.807) is 6.21 Å². The van der Waals surface area contributed by atoms with Gasteiger partial charge in [-0.1, -0.05) is 91.0 Å². The van der Waals surface area contributed by atoms with Gasteiger partial charge in [0.25, 0.3) is 0 Å². The van der Waals surface area contributed by atoms with E-state index in [-0.39, 0.29) is 24.2 Å². The van der Waals surface area contributed by atoms with Crippen molar-refractivity contribution in [1.29, 1.82) is 0 Å². The van der Waals surface area contributed by atoms with Crippen LogP contribution in [0, 0.1) is 0 Å². The first kappa shape index (κ1) is 22.8. The minimum Gasteiger partial charge on any atom is -0.630 e. The number of benzene rings is 3. The summed E-state index contributed by atoms with van der Waals surface area (Å²) in [5.41, 5.74) is 3.27. The van der Waals surface area contributed by atoms with Crippen LogP contribution in [0.2, 0.25) is 0 Å². The van der Waals surface area contributed by atoms with Crippen LogP contribution in [0.25, 0.3) is 0 Å². The van der Waals surface area contributed by atoms with E-state index in [1.165, 1.54) is 0 Å². The minimum absolute atomic E-state index is 0.0499. The van der Waals surface area contributed by atoms with Crippen molar-refractivity contribution in [3.8, 4) is 0 Å². The van der Waals surface area contributed by atoms with Crippen LogP contribution in [0.3, 0.4) is 0 Å². The third-order valence-corrected chi connectivity index (χ3v) is 9.01. The number of hydrogen-bond donors (Lipinski definition) is 0. The lowest BCUT2D eigenvalue weighted by molar-refractivity contribution is -0.193. The lowest BCUT2D eigenvalue weighted by Crippen LogP contribution is -2.39. The van der Waals surface area contributed by atoms with E-state index in [2.05, 4.69) is 85.6 Å². The SMILES string of the molecule is CC(C)N1[C@H](c2ccccc2)[C@@H](c2ccccc2)N(C(C)C)[P+]1([O-])/N=C/c1ccccc1. The topological polar surface area (TPSA) is 41.9 Å². The summed E-state index contributed by atoms with van der Waals surface area (Å²) < 4.78 is 9.17. The molecule has 4 rings (SSSR count). The summed E-state index contributed by atoms with van der Waals surface area (Å²) in [4.78, 5) is 15.0. The molecule has 0 unspecified atom stereocenters. The molecule has 0 aromatic heterocycles. The normalized spacial score (nSPS) is 21.7. The molecule has 0 radical (unpaired) electrons. The second-order valence-corrected chi connectivity index (χ2v) is 11.0. The summed E-state index contributed by atoms with van der Waals surface area (Å²) in [5, 5.41) is 0. The van der Waals surface area contributed by atoms with Crippen LogP contribution in [0.1, 0.15) is 56.5 Å². The van der Waals surface area contributed by atoms with Crippen LogP contribution in [0.15, 0.2) is 95.8 Å². The van der Waals surface area contributed by atoms with E-state index < -0.39 is 7.94 Å². The highest BCUT2D eigenvalue weighted by Crippen LogP contribution is 2.74. The Morgan fingerprint density at radius 3 is 1.44 bits per heavy atom. The number of nitrogens with zero attached hydrogens (tertiary/aromatic N) is 3. The van der Waals surface area contributed by atoms with Gasteiger partial charge in [-0.3, -0.25) is 0 Å². The fourth-order valence-corrected chi connectivity index (χ4v) is 7.88. The Morgan fingerprint density at radius 1 is 0.688 bits per heavy atom. The second kappa shape index (κ2) is 9.64. The van der Waals surface area contributed by atoms with E-state index in [1.807, 2.05) is 42.5 Å². The molecule has 5 heteroatoms. The summed E-state index contributed by atoms with van der Waals surface area (Å²) in [6.07, 6.45) is 1.78. The largest absolute Gasteiger partial charge is 0.630 e. The quantitative estimate of drug-likeness (QED) is 0.342. The summed E-state index contributed by atoms with van der Waals surface area (Å²) >= 11 is 0. The van der Waals surface area contributed by atoms with E-state index in [4.69, 9.17) is 4.76 Å². The molecule has 0 N–H and O–H groups in total. The summed E-state index contributed by atoms with van der Waals surface area (Å²) in [5.74, 6) is 0. The fraction of sp³-hybridized carbons (Fsp3) is 0.296. The molecule has 166 valence electrons. The van der Waals surface area contributed by atoms with Crippen LogP contribution in [0.4, 0.5) is 0 Å². The molecule has 0 spiro atoms. The first-order chi connectivity index (χ1) is 15.4. The number of hydrogen-bond acceptors (Lipinski definition) is 4. The van der Waals surface area contributed by atoms with Gasteiger partial charge in [0.05, 0.1) is 18.3 Å². The zero-order valence-corrected chi connectivity index (χ0v) is 20.1. The predicted octanol–water partition coefficient (Wildman–Crippen LogP) is 6.06. The summed E-state index contributed by atoms with van der Waals surface area (Å²) in [6.45, 7) is 8.47. The van der Waals surface area contributed by atoms with Gasteiger partial charge < -0.3 is 4.89 Å². The molecule has 32 heavy (non-hydrogen) atoms. The maximum Gasteiger partial charge on any atom is 0.238 e. The average molecular weight is 446 g/mol. The van der Waals surface area contributed by atoms with Crippen molar-refractivity contribution in [1.82, 2.24) is 9.34 Å². The van der Waals surface area contributed by atoms with Gasteiger partial charge in [0.2, 0.25) is 7.94 Å². The van der Waals surface area contributed by atoms with Crippen LogP contribution >= 0.6 is 7.94 Å². The van der Waals surface area contributed by atoms with Gasteiger partial charge in [-0.2, -0.15) is 0 Å². The molecule has 0 aliphatic carbocycles. The molecule has 1 aliphatic heterocycles. The number of rotatable bonds is 6. The van der Waals surface area contributed by atoms with Crippen molar-refractivity contribution in [3.63, 3.8) is 0 Å². The van der Waals surface area contributed by atoms with Crippen molar-refractivity contribution in [3.05, 3.63) is 108 Å². The molecule has 4 nitrogen and oxygen atoms in total. The van der Waals surface area contributed by atoms with Crippen LogP contribution in [0.5, 0.6) is 0 Å². The molecule has 0 saturated carbocycles. The molecule has 3 aromatic rings. The Hall–Kier alpha value is -2.36. The molecule has 0 amide bonds. The Kier molecular flexibility index (Phi) is 6.88. The van der Waals surface area contributed by atoms with Crippen molar-refractivity contribution >= 4 is 14.2 Å². The van der Waals surface area contributed by atoms with Crippen LogP contribution < -0.4 is 4.89 Å². The molecule has 1 aliphatic rings. The van der Waals surface area contributed by atoms with Gasteiger partial charge in [0.1, 0.15) is 0 Å². The van der Waals surface area contributed by atoms with Crippen LogP contribution in [-0.2, 0) is 0 Å². The van der Waals surface area contributed by atoms with E-state index >= 15 is 0 Å². The lowest BCUT2D eigenvalue weighted by atomic mass is 9.92. The standard InChI is InChI=1S/C27H32N3OP/c1-21(2)29-26(24-16-10-6-11-17-24)27(25-18-12-7-13-19-25)30(22(3)4)32(29,31)28-20-23-14-8-5-9-15-23/h5-22,26-27H,1-4H3/b28-20+/t26-,27-/m1/s1. The lowest BCUT2D eigenvalue weighted by Gasteiger charge is -2.39. The molecule has 1 fully saturated rings. The van der Waals surface area contributed by atoms with Gasteiger partial charge >= 0.3 is 0 Å². The van der Waals surface area contributed by atoms with Gasteiger partial charge in [-0.05, 0) is 44.4 Å². The van der Waals surface area contributed by atoms with Gasteiger partial charge in [0, 0.05) is 12.1 Å². The van der Waals surface area contributed by atoms with Gasteiger partial charge in [-0.15, -0.1) is 14.1 Å². The van der Waals surface area contributed by atoms with Gasteiger partial charge in [-0.25, -0.2) is 0 Å². The van der Waals surface area contributed by atoms with Crippen molar-refractivity contribution in [2.24, 2.45) is 4.76 Å². The first-order valence-corrected chi connectivity index (χ1v) is 12.9. The third kappa shape index (κ3) is 4.29. The monoisotopic (exact) mass is 445 g/mol. The highest BCUT2D eigenvalue weighted by molar-refractivity contribution is 7.63. The summed E-state index contributed by atoms with van der Waals surface area (Å²) in [6, 6.07) is 30.8. The smallest absolute Gasteiger partial charge is 0.238 e. The molecule has 2 atom stereocenters. The van der Waals surface area contributed by atoms with E-state index in [0.29, 0.717) is 0 Å². The maximum atomic E-state index is 15.0. The highest BCUT2D eigenvalue weighted by atomic mass is 31.2. The molecule has 1 heterocycles. The summed E-state index contributed by atoms with van der Waals surface area (Å²) in [7, 11) is -3.28.